The highest BCUT2D eigenvalue weighted by molar-refractivity contribution is 5.92. The van der Waals surface area contributed by atoms with Crippen molar-refractivity contribution in [1.29, 1.82) is 0 Å². The lowest BCUT2D eigenvalue weighted by Crippen LogP contribution is -2.34. The summed E-state index contributed by atoms with van der Waals surface area (Å²) < 4.78 is 9.96. The van der Waals surface area contributed by atoms with Crippen LogP contribution >= 0.6 is 0 Å². The molecule has 0 saturated carbocycles. The predicted molar refractivity (Wildman–Crippen MR) is 50.7 cm³/mol. The van der Waals surface area contributed by atoms with E-state index in [2.05, 4.69) is 4.99 Å². The van der Waals surface area contributed by atoms with Gasteiger partial charge in [-0.15, -0.1) is 0 Å². The van der Waals surface area contributed by atoms with E-state index in [1.807, 2.05) is 12.2 Å². The summed E-state index contributed by atoms with van der Waals surface area (Å²) in [5.41, 5.74) is 0. The molecule has 4 nitrogen and oxygen atoms in total. The zero-order chi connectivity index (χ0) is 10.1. The highest BCUT2D eigenvalue weighted by Gasteiger charge is 2.33. The van der Waals surface area contributed by atoms with Gasteiger partial charge in [0.25, 0.3) is 0 Å². The Morgan fingerprint density at radius 1 is 1.57 bits per heavy atom. The van der Waals surface area contributed by atoms with Crippen molar-refractivity contribution in [1.82, 2.24) is 0 Å². The number of cyclic esters (lactones) is 1. The molecule has 0 N–H and O–H groups in total. The third kappa shape index (κ3) is 1.43. The Morgan fingerprint density at radius 3 is 3.07 bits per heavy atom. The standard InChI is InChI=1S/C10H11NO3/c1-6-11-9-4-3-7(13-2)5-8(9)10(12)14-6/h3-5,8-9H,1-2H3. The minimum atomic E-state index is -0.335. The zero-order valence-electron chi connectivity index (χ0n) is 8.06. The number of rotatable bonds is 1. The van der Waals surface area contributed by atoms with E-state index in [4.69, 9.17) is 9.47 Å². The minimum Gasteiger partial charge on any atom is -0.497 e. The number of carbonyl (C=O) groups excluding carboxylic acids is 1. The summed E-state index contributed by atoms with van der Waals surface area (Å²) >= 11 is 0. The highest BCUT2D eigenvalue weighted by atomic mass is 16.5. The summed E-state index contributed by atoms with van der Waals surface area (Å²) in [6, 6.07) is -0.129. The van der Waals surface area contributed by atoms with Gasteiger partial charge in [-0.1, -0.05) is 6.08 Å². The van der Waals surface area contributed by atoms with E-state index < -0.39 is 0 Å². The molecule has 0 fully saturated rings. The lowest BCUT2D eigenvalue weighted by atomic mass is 9.94. The molecule has 2 rings (SSSR count). The Kier molecular flexibility index (Phi) is 2.11. The summed E-state index contributed by atoms with van der Waals surface area (Å²) in [7, 11) is 1.57. The number of carbonyl (C=O) groups is 1. The average molecular weight is 193 g/mol. The summed E-state index contributed by atoms with van der Waals surface area (Å²) in [5, 5.41) is 0. The molecule has 0 saturated heterocycles. The monoisotopic (exact) mass is 193 g/mol. The number of allylic oxidation sites excluding steroid dienone is 1. The van der Waals surface area contributed by atoms with Crippen LogP contribution in [0.1, 0.15) is 6.92 Å². The maximum absolute atomic E-state index is 11.5. The van der Waals surface area contributed by atoms with E-state index >= 15 is 0 Å². The third-order valence-corrected chi connectivity index (χ3v) is 2.26. The number of aliphatic imine (C=N–C) groups is 1. The number of methoxy groups -OCH3 is 1. The fourth-order valence-corrected chi connectivity index (χ4v) is 1.56. The fraction of sp³-hybridized carbons (Fsp3) is 0.400. The van der Waals surface area contributed by atoms with E-state index in [0.29, 0.717) is 11.7 Å². The van der Waals surface area contributed by atoms with Crippen LogP contribution < -0.4 is 0 Å². The Bertz CT molecular complexity index is 354. The lowest BCUT2D eigenvalue weighted by Gasteiger charge is -2.25. The molecule has 74 valence electrons. The van der Waals surface area contributed by atoms with Crippen LogP contribution in [0.5, 0.6) is 0 Å². The van der Waals surface area contributed by atoms with Crippen LogP contribution in [0.25, 0.3) is 0 Å². The summed E-state index contributed by atoms with van der Waals surface area (Å²) in [6.45, 7) is 1.68. The third-order valence-electron chi connectivity index (χ3n) is 2.26. The van der Waals surface area contributed by atoms with Gasteiger partial charge in [0.1, 0.15) is 11.7 Å². The number of esters is 1. The van der Waals surface area contributed by atoms with Crippen molar-refractivity contribution in [3.8, 4) is 0 Å². The quantitative estimate of drug-likeness (QED) is 0.585. The first-order valence-electron chi connectivity index (χ1n) is 4.41. The summed E-state index contributed by atoms with van der Waals surface area (Å²) in [5.74, 6) is 0.508. The largest absolute Gasteiger partial charge is 0.497 e. The number of fused-ring (bicyclic) bond motifs is 1. The van der Waals surface area contributed by atoms with Crippen molar-refractivity contribution in [3.63, 3.8) is 0 Å². The normalized spacial score (nSPS) is 30.0. The van der Waals surface area contributed by atoms with Gasteiger partial charge in [0.2, 0.25) is 0 Å². The molecule has 2 unspecified atom stereocenters. The van der Waals surface area contributed by atoms with E-state index in [1.54, 1.807) is 20.1 Å². The van der Waals surface area contributed by atoms with Crippen LogP contribution in [-0.4, -0.2) is 25.0 Å². The fourth-order valence-electron chi connectivity index (χ4n) is 1.56. The zero-order valence-corrected chi connectivity index (χ0v) is 8.06. The lowest BCUT2D eigenvalue weighted by molar-refractivity contribution is -0.140. The average Bonchev–Trinajstić information content (AvgIpc) is 2.17. The van der Waals surface area contributed by atoms with Crippen LogP contribution in [0.15, 0.2) is 29.0 Å². The summed E-state index contributed by atoms with van der Waals surface area (Å²) in [6.07, 6.45) is 5.41. The maximum Gasteiger partial charge on any atom is 0.321 e. The number of hydrogen-bond donors (Lipinski definition) is 0. The molecule has 1 heterocycles. The molecular weight excluding hydrogens is 182 g/mol. The van der Waals surface area contributed by atoms with Gasteiger partial charge in [0.05, 0.1) is 13.2 Å². The first-order chi connectivity index (χ1) is 6.70. The van der Waals surface area contributed by atoms with Gasteiger partial charge in [0, 0.05) is 6.92 Å². The molecular formula is C10H11NO3. The van der Waals surface area contributed by atoms with Gasteiger partial charge in [-0.2, -0.15) is 0 Å². The first kappa shape index (κ1) is 8.99. The SMILES string of the molecule is COC1=CC2C(=O)OC(C)=NC2C=C1. The van der Waals surface area contributed by atoms with Crippen LogP contribution in [-0.2, 0) is 14.3 Å². The maximum atomic E-state index is 11.5. The number of nitrogens with zero attached hydrogens (tertiary/aromatic N) is 1. The second-order valence-corrected chi connectivity index (χ2v) is 3.22. The van der Waals surface area contributed by atoms with Crippen molar-refractivity contribution in [2.75, 3.05) is 7.11 Å². The van der Waals surface area contributed by atoms with Gasteiger partial charge >= 0.3 is 5.97 Å². The molecule has 2 atom stereocenters. The van der Waals surface area contributed by atoms with E-state index in [-0.39, 0.29) is 17.9 Å². The predicted octanol–water partition coefficient (Wildman–Crippen LogP) is 1.05. The molecule has 0 aromatic rings. The highest BCUT2D eigenvalue weighted by Crippen LogP contribution is 2.24. The second-order valence-electron chi connectivity index (χ2n) is 3.22. The van der Waals surface area contributed by atoms with Gasteiger partial charge in [-0.25, -0.2) is 4.99 Å². The number of ether oxygens (including phenoxy) is 2. The van der Waals surface area contributed by atoms with Crippen LogP contribution in [0.4, 0.5) is 0 Å². The molecule has 0 bridgehead atoms. The van der Waals surface area contributed by atoms with Crippen molar-refractivity contribution in [2.45, 2.75) is 13.0 Å². The molecule has 4 heteroatoms. The van der Waals surface area contributed by atoms with Crippen LogP contribution in [0, 0.1) is 5.92 Å². The van der Waals surface area contributed by atoms with Crippen molar-refractivity contribution >= 4 is 11.9 Å². The smallest absolute Gasteiger partial charge is 0.321 e. The van der Waals surface area contributed by atoms with Crippen LogP contribution in [0.3, 0.4) is 0 Å². The first-order valence-corrected chi connectivity index (χ1v) is 4.41. The van der Waals surface area contributed by atoms with Gasteiger partial charge in [-0.3, -0.25) is 4.79 Å². The van der Waals surface area contributed by atoms with Gasteiger partial charge in [0.15, 0.2) is 5.90 Å². The molecule has 0 amide bonds. The van der Waals surface area contributed by atoms with Gasteiger partial charge in [-0.05, 0) is 12.2 Å². The Morgan fingerprint density at radius 2 is 2.36 bits per heavy atom. The minimum absolute atomic E-state index is 0.129. The van der Waals surface area contributed by atoms with E-state index in [0.717, 1.165) is 0 Å². The topological polar surface area (TPSA) is 47.9 Å². The molecule has 1 aliphatic heterocycles. The molecule has 0 spiro atoms. The Balaban J connectivity index is 2.30. The molecule has 0 radical (unpaired) electrons. The van der Waals surface area contributed by atoms with E-state index in [9.17, 15) is 4.79 Å². The van der Waals surface area contributed by atoms with Crippen LogP contribution in [0.2, 0.25) is 0 Å². The van der Waals surface area contributed by atoms with Gasteiger partial charge < -0.3 is 9.47 Å². The Labute approximate surface area is 81.9 Å². The van der Waals surface area contributed by atoms with Crippen molar-refractivity contribution < 1.29 is 14.3 Å². The van der Waals surface area contributed by atoms with Crippen molar-refractivity contribution in [3.05, 3.63) is 24.0 Å². The molecule has 0 aromatic heterocycles. The second kappa shape index (κ2) is 3.29. The van der Waals surface area contributed by atoms with E-state index in [1.165, 1.54) is 0 Å². The Hall–Kier alpha value is -1.58. The number of hydrogen-bond acceptors (Lipinski definition) is 4. The molecule has 1 aliphatic carbocycles. The molecule has 14 heavy (non-hydrogen) atoms. The molecule has 0 aromatic carbocycles. The van der Waals surface area contributed by atoms with Crippen molar-refractivity contribution in [2.24, 2.45) is 10.9 Å². The molecule has 2 aliphatic rings. The summed E-state index contributed by atoms with van der Waals surface area (Å²) in [4.78, 5) is 15.7.